The van der Waals surface area contributed by atoms with E-state index in [1.54, 1.807) is 0 Å². The molecule has 94 valence electrons. The quantitative estimate of drug-likeness (QED) is 0.781. The number of likely N-dealkylation sites (tertiary alicyclic amines) is 1. The third-order valence-corrected chi connectivity index (χ3v) is 5.10. The van der Waals surface area contributed by atoms with Crippen LogP contribution in [-0.4, -0.2) is 29.1 Å². The average Bonchev–Trinajstić information content (AvgIpc) is 2.71. The van der Waals surface area contributed by atoms with Crippen LogP contribution in [0.4, 0.5) is 0 Å². The van der Waals surface area contributed by atoms with Gasteiger partial charge in [-0.15, -0.1) is 0 Å². The summed E-state index contributed by atoms with van der Waals surface area (Å²) in [5.74, 6) is 0. The number of nitrogens with zero attached hydrogens (tertiary/aromatic N) is 1. The second-order valence-corrected chi connectivity index (χ2v) is 6.56. The van der Waals surface area contributed by atoms with Crippen molar-refractivity contribution in [3.8, 4) is 0 Å². The molecule has 0 amide bonds. The molecule has 2 fully saturated rings. The Kier molecular flexibility index (Phi) is 3.33. The van der Waals surface area contributed by atoms with Gasteiger partial charge in [-0.3, -0.25) is 4.90 Å². The first kappa shape index (κ1) is 12.4. The fourth-order valence-electron chi connectivity index (χ4n) is 3.83. The molecule has 2 heteroatoms. The largest absolute Gasteiger partial charge is 0.326 e. The second kappa shape index (κ2) is 4.30. The minimum absolute atomic E-state index is 0.339. The highest BCUT2D eigenvalue weighted by Gasteiger charge is 2.46. The van der Waals surface area contributed by atoms with Crippen LogP contribution in [0, 0.1) is 5.41 Å². The predicted octanol–water partition coefficient (Wildman–Crippen LogP) is 2.77. The fraction of sp³-hybridized carbons (Fsp3) is 1.00. The highest BCUT2D eigenvalue weighted by Crippen LogP contribution is 2.42. The van der Waals surface area contributed by atoms with Crippen molar-refractivity contribution in [3.05, 3.63) is 0 Å². The van der Waals surface area contributed by atoms with Gasteiger partial charge in [0.25, 0.3) is 0 Å². The smallest absolute Gasteiger partial charge is 0.0258 e. The van der Waals surface area contributed by atoms with Gasteiger partial charge in [-0.25, -0.2) is 0 Å². The van der Waals surface area contributed by atoms with E-state index < -0.39 is 0 Å². The van der Waals surface area contributed by atoms with Gasteiger partial charge in [-0.2, -0.15) is 0 Å². The molecule has 1 saturated heterocycles. The van der Waals surface area contributed by atoms with Crippen LogP contribution in [0.3, 0.4) is 0 Å². The molecule has 4 atom stereocenters. The van der Waals surface area contributed by atoms with Crippen molar-refractivity contribution in [1.29, 1.82) is 0 Å². The van der Waals surface area contributed by atoms with Gasteiger partial charge in [-0.05, 0) is 44.4 Å². The van der Waals surface area contributed by atoms with E-state index in [9.17, 15) is 0 Å². The van der Waals surface area contributed by atoms with E-state index in [-0.39, 0.29) is 0 Å². The van der Waals surface area contributed by atoms with Gasteiger partial charge in [0.15, 0.2) is 0 Å². The Hall–Kier alpha value is -0.0800. The van der Waals surface area contributed by atoms with Gasteiger partial charge < -0.3 is 5.73 Å². The summed E-state index contributed by atoms with van der Waals surface area (Å²) < 4.78 is 0. The summed E-state index contributed by atoms with van der Waals surface area (Å²) in [6, 6.07) is 2.54. The summed E-state index contributed by atoms with van der Waals surface area (Å²) >= 11 is 0. The lowest BCUT2D eigenvalue weighted by Crippen LogP contribution is -2.52. The molecule has 0 aromatic carbocycles. The molecule has 0 radical (unpaired) electrons. The lowest BCUT2D eigenvalue weighted by Gasteiger charge is -2.38. The van der Waals surface area contributed by atoms with Gasteiger partial charge in [0.2, 0.25) is 0 Å². The lowest BCUT2D eigenvalue weighted by atomic mass is 9.87. The number of hydrogen-bond donors (Lipinski definition) is 1. The van der Waals surface area contributed by atoms with Gasteiger partial charge in [0.05, 0.1) is 0 Å². The SMILES string of the molecule is CCC1CCC(C)N1C1CCC(C)(C)C1N. The maximum Gasteiger partial charge on any atom is 0.0258 e. The van der Waals surface area contributed by atoms with Crippen molar-refractivity contribution in [2.75, 3.05) is 0 Å². The summed E-state index contributed by atoms with van der Waals surface area (Å²) in [4.78, 5) is 2.75. The van der Waals surface area contributed by atoms with E-state index in [1.165, 1.54) is 32.1 Å². The van der Waals surface area contributed by atoms with Crippen molar-refractivity contribution in [1.82, 2.24) is 4.90 Å². The Morgan fingerprint density at radius 2 is 1.94 bits per heavy atom. The molecule has 4 unspecified atom stereocenters. The molecule has 1 heterocycles. The molecular formula is C14H28N2. The molecule has 0 bridgehead atoms. The zero-order valence-corrected chi connectivity index (χ0v) is 11.4. The molecule has 1 aliphatic carbocycles. The highest BCUT2D eigenvalue weighted by molar-refractivity contribution is 5.03. The first-order valence-electron chi connectivity index (χ1n) is 7.00. The van der Waals surface area contributed by atoms with Crippen LogP contribution in [0.1, 0.15) is 59.8 Å². The summed E-state index contributed by atoms with van der Waals surface area (Å²) in [5, 5.41) is 0. The van der Waals surface area contributed by atoms with Crippen LogP contribution in [0.15, 0.2) is 0 Å². The fourth-order valence-corrected chi connectivity index (χ4v) is 3.83. The number of hydrogen-bond acceptors (Lipinski definition) is 2. The standard InChI is InChI=1S/C14H28N2/c1-5-11-7-6-10(2)16(11)12-8-9-14(3,4)13(12)15/h10-13H,5-9,15H2,1-4H3. The van der Waals surface area contributed by atoms with Crippen LogP contribution < -0.4 is 5.73 Å². The first-order chi connectivity index (χ1) is 7.47. The molecule has 16 heavy (non-hydrogen) atoms. The van der Waals surface area contributed by atoms with Crippen LogP contribution >= 0.6 is 0 Å². The van der Waals surface area contributed by atoms with Crippen LogP contribution in [0.5, 0.6) is 0 Å². The highest BCUT2D eigenvalue weighted by atomic mass is 15.3. The van der Waals surface area contributed by atoms with Crippen LogP contribution in [0.25, 0.3) is 0 Å². The maximum atomic E-state index is 6.47. The van der Waals surface area contributed by atoms with Crippen molar-refractivity contribution >= 4 is 0 Å². The molecule has 2 aliphatic rings. The maximum absolute atomic E-state index is 6.47. The molecule has 2 rings (SSSR count). The Labute approximate surface area is 101 Å². The van der Waals surface area contributed by atoms with E-state index in [0.29, 0.717) is 17.5 Å². The summed E-state index contributed by atoms with van der Waals surface area (Å²) in [6.45, 7) is 9.37. The van der Waals surface area contributed by atoms with Gasteiger partial charge in [0.1, 0.15) is 0 Å². The molecule has 1 aliphatic heterocycles. The zero-order valence-electron chi connectivity index (χ0n) is 11.4. The summed E-state index contributed by atoms with van der Waals surface area (Å²) in [7, 11) is 0. The van der Waals surface area contributed by atoms with E-state index in [2.05, 4.69) is 32.6 Å². The average molecular weight is 224 g/mol. The monoisotopic (exact) mass is 224 g/mol. The minimum Gasteiger partial charge on any atom is -0.326 e. The summed E-state index contributed by atoms with van der Waals surface area (Å²) in [5.41, 5.74) is 6.81. The number of nitrogens with two attached hydrogens (primary N) is 1. The predicted molar refractivity (Wildman–Crippen MR) is 69.4 cm³/mol. The second-order valence-electron chi connectivity index (χ2n) is 6.56. The van der Waals surface area contributed by atoms with Crippen molar-refractivity contribution in [3.63, 3.8) is 0 Å². The van der Waals surface area contributed by atoms with Crippen molar-refractivity contribution in [2.45, 2.75) is 84.0 Å². The Balaban J connectivity index is 2.12. The van der Waals surface area contributed by atoms with E-state index in [4.69, 9.17) is 5.73 Å². The molecule has 0 aromatic rings. The molecule has 1 saturated carbocycles. The van der Waals surface area contributed by atoms with Gasteiger partial charge in [0, 0.05) is 24.2 Å². The molecule has 0 aromatic heterocycles. The van der Waals surface area contributed by atoms with E-state index >= 15 is 0 Å². The van der Waals surface area contributed by atoms with E-state index in [1.807, 2.05) is 0 Å². The van der Waals surface area contributed by atoms with E-state index in [0.717, 1.165) is 12.1 Å². The summed E-state index contributed by atoms with van der Waals surface area (Å²) in [6.07, 6.45) is 6.62. The molecule has 0 spiro atoms. The van der Waals surface area contributed by atoms with Crippen molar-refractivity contribution in [2.24, 2.45) is 11.1 Å². The van der Waals surface area contributed by atoms with Gasteiger partial charge in [-0.1, -0.05) is 20.8 Å². The zero-order chi connectivity index (χ0) is 11.9. The lowest BCUT2D eigenvalue weighted by molar-refractivity contribution is 0.112. The van der Waals surface area contributed by atoms with Crippen LogP contribution in [0.2, 0.25) is 0 Å². The number of rotatable bonds is 2. The third-order valence-electron chi connectivity index (χ3n) is 5.10. The Morgan fingerprint density at radius 1 is 1.25 bits per heavy atom. The third kappa shape index (κ3) is 1.91. The minimum atomic E-state index is 0.339. The molecule has 2 nitrogen and oxygen atoms in total. The van der Waals surface area contributed by atoms with Crippen molar-refractivity contribution < 1.29 is 0 Å². The molecular weight excluding hydrogens is 196 g/mol. The Bertz CT molecular complexity index is 249. The van der Waals surface area contributed by atoms with Crippen LogP contribution in [-0.2, 0) is 0 Å². The van der Waals surface area contributed by atoms with Gasteiger partial charge >= 0.3 is 0 Å². The normalized spacial score (nSPS) is 44.1. The Morgan fingerprint density at radius 3 is 2.44 bits per heavy atom. The first-order valence-corrected chi connectivity index (χ1v) is 7.00. The topological polar surface area (TPSA) is 29.3 Å². The molecule has 2 N–H and O–H groups in total.